The van der Waals surface area contributed by atoms with Crippen molar-refractivity contribution in [1.29, 1.82) is 0 Å². The van der Waals surface area contributed by atoms with Crippen molar-refractivity contribution in [1.82, 2.24) is 9.80 Å². The van der Waals surface area contributed by atoms with Gasteiger partial charge in [0, 0.05) is 32.8 Å². The lowest BCUT2D eigenvalue weighted by atomic mass is 9.85. The molecule has 2 rings (SSSR count). The van der Waals surface area contributed by atoms with Gasteiger partial charge in [-0.25, -0.2) is 0 Å². The number of likely N-dealkylation sites (N-methyl/N-ethyl adjacent to an activating group) is 1. The number of ether oxygens (including phenoxy) is 2. The van der Waals surface area contributed by atoms with Crippen molar-refractivity contribution >= 4 is 0 Å². The first-order valence-electron chi connectivity index (χ1n) is 8.64. The average Bonchev–Trinajstić information content (AvgIpc) is 2.53. The van der Waals surface area contributed by atoms with Crippen molar-refractivity contribution in [2.45, 2.75) is 63.8 Å². The summed E-state index contributed by atoms with van der Waals surface area (Å²) in [5.41, 5.74) is 0. The first-order valence-corrected chi connectivity index (χ1v) is 8.64. The summed E-state index contributed by atoms with van der Waals surface area (Å²) in [4.78, 5) is 5.16. The van der Waals surface area contributed by atoms with Gasteiger partial charge in [-0.15, -0.1) is 0 Å². The molecule has 1 aliphatic heterocycles. The zero-order chi connectivity index (χ0) is 15.2. The Labute approximate surface area is 130 Å². The lowest BCUT2D eigenvalue weighted by molar-refractivity contribution is -0.119. The molecule has 2 aliphatic rings. The van der Waals surface area contributed by atoms with Gasteiger partial charge < -0.3 is 14.4 Å². The van der Waals surface area contributed by atoms with E-state index in [1.165, 1.54) is 51.6 Å². The molecular weight excluding hydrogens is 264 g/mol. The normalized spacial score (nSPS) is 29.4. The Kier molecular flexibility index (Phi) is 6.93. The predicted molar refractivity (Wildman–Crippen MR) is 86.5 cm³/mol. The molecule has 1 saturated carbocycles. The first-order chi connectivity index (χ1) is 10.1. The summed E-state index contributed by atoms with van der Waals surface area (Å²) >= 11 is 0. The van der Waals surface area contributed by atoms with E-state index in [1.807, 2.05) is 0 Å². The van der Waals surface area contributed by atoms with Crippen LogP contribution in [0.25, 0.3) is 0 Å². The van der Waals surface area contributed by atoms with Crippen molar-refractivity contribution in [3.8, 4) is 0 Å². The van der Waals surface area contributed by atoms with Crippen LogP contribution >= 0.6 is 0 Å². The van der Waals surface area contributed by atoms with E-state index in [4.69, 9.17) is 9.47 Å². The highest BCUT2D eigenvalue weighted by molar-refractivity contribution is 4.85. The van der Waals surface area contributed by atoms with Crippen molar-refractivity contribution in [3.63, 3.8) is 0 Å². The van der Waals surface area contributed by atoms with Crippen LogP contribution in [0.2, 0.25) is 0 Å². The number of hydrogen-bond acceptors (Lipinski definition) is 4. The fraction of sp³-hybridized carbons (Fsp3) is 1.00. The van der Waals surface area contributed by atoms with Crippen LogP contribution < -0.4 is 0 Å². The summed E-state index contributed by atoms with van der Waals surface area (Å²) in [6.07, 6.45) is 8.13. The average molecular weight is 298 g/mol. The Morgan fingerprint density at radius 2 is 1.57 bits per heavy atom. The van der Waals surface area contributed by atoms with Gasteiger partial charge in [-0.05, 0) is 64.6 Å². The quantitative estimate of drug-likeness (QED) is 0.704. The van der Waals surface area contributed by atoms with Gasteiger partial charge in [0.2, 0.25) is 0 Å². The summed E-state index contributed by atoms with van der Waals surface area (Å²) in [5, 5.41) is 0. The third kappa shape index (κ3) is 4.92. The number of likely N-dealkylation sites (tertiary alicyclic amines) is 1. The number of nitrogens with zero attached hydrogens (tertiary/aromatic N) is 2. The van der Waals surface area contributed by atoms with Crippen molar-refractivity contribution in [2.24, 2.45) is 5.92 Å². The maximum atomic E-state index is 5.31. The van der Waals surface area contributed by atoms with Crippen LogP contribution in [-0.4, -0.2) is 69.1 Å². The van der Waals surface area contributed by atoms with Crippen LogP contribution in [0.1, 0.15) is 45.4 Å². The first kappa shape index (κ1) is 17.2. The van der Waals surface area contributed by atoms with E-state index in [1.54, 1.807) is 14.2 Å². The van der Waals surface area contributed by atoms with Crippen LogP contribution in [0.15, 0.2) is 0 Å². The van der Waals surface area contributed by atoms with Gasteiger partial charge in [0.05, 0.1) is 0 Å². The highest BCUT2D eigenvalue weighted by Crippen LogP contribution is 2.29. The predicted octanol–water partition coefficient (Wildman–Crippen LogP) is 2.58. The second-order valence-corrected chi connectivity index (χ2v) is 7.02. The molecule has 0 unspecified atom stereocenters. The Balaban J connectivity index is 1.72. The van der Waals surface area contributed by atoms with Gasteiger partial charge in [-0.1, -0.05) is 6.92 Å². The lowest BCUT2D eigenvalue weighted by Crippen LogP contribution is -2.49. The summed E-state index contributed by atoms with van der Waals surface area (Å²) < 4.78 is 10.6. The number of rotatable bonds is 6. The smallest absolute Gasteiger partial charge is 0.169 e. The summed E-state index contributed by atoms with van der Waals surface area (Å²) in [5.74, 6) is 0.949. The van der Waals surface area contributed by atoms with Gasteiger partial charge in [0.1, 0.15) is 0 Å². The zero-order valence-electron chi connectivity index (χ0n) is 14.4. The maximum absolute atomic E-state index is 5.31. The fourth-order valence-electron chi connectivity index (χ4n) is 3.93. The van der Waals surface area contributed by atoms with E-state index in [9.17, 15) is 0 Å². The Bertz CT molecular complexity index is 281. The molecule has 1 aliphatic carbocycles. The van der Waals surface area contributed by atoms with E-state index >= 15 is 0 Å². The minimum absolute atomic E-state index is 0.104. The lowest BCUT2D eigenvalue weighted by Gasteiger charge is -2.42. The monoisotopic (exact) mass is 298 g/mol. The summed E-state index contributed by atoms with van der Waals surface area (Å²) in [7, 11) is 5.64. The van der Waals surface area contributed by atoms with Crippen LogP contribution in [0.4, 0.5) is 0 Å². The summed E-state index contributed by atoms with van der Waals surface area (Å²) in [6.45, 7) is 5.79. The minimum Gasteiger partial charge on any atom is -0.355 e. The van der Waals surface area contributed by atoms with Gasteiger partial charge in [0.15, 0.2) is 6.29 Å². The van der Waals surface area contributed by atoms with Crippen LogP contribution in [0.3, 0.4) is 0 Å². The molecule has 1 heterocycles. The molecule has 0 atom stereocenters. The number of methoxy groups -OCH3 is 2. The number of hydrogen-bond donors (Lipinski definition) is 0. The maximum Gasteiger partial charge on any atom is 0.169 e. The van der Waals surface area contributed by atoms with E-state index in [0.29, 0.717) is 6.04 Å². The molecule has 0 aromatic carbocycles. The van der Waals surface area contributed by atoms with Gasteiger partial charge in [-0.3, -0.25) is 4.90 Å². The summed E-state index contributed by atoms with van der Waals surface area (Å²) in [6, 6.07) is 1.54. The molecule has 0 radical (unpaired) electrons. The molecular formula is C17H34N2O2. The molecule has 0 N–H and O–H groups in total. The second-order valence-electron chi connectivity index (χ2n) is 7.02. The van der Waals surface area contributed by atoms with Crippen molar-refractivity contribution < 1.29 is 9.47 Å². The van der Waals surface area contributed by atoms with Crippen LogP contribution in [-0.2, 0) is 9.47 Å². The Hall–Kier alpha value is -0.160. The molecule has 4 nitrogen and oxygen atoms in total. The SMILES string of the molecule is COC(CN(C)C1CCN(C2CCC(C)CC2)CC1)OC. The largest absolute Gasteiger partial charge is 0.355 e. The fourth-order valence-corrected chi connectivity index (χ4v) is 3.93. The molecule has 124 valence electrons. The molecule has 0 bridgehead atoms. The third-order valence-corrected chi connectivity index (χ3v) is 5.59. The standard InChI is InChI=1S/C17H34N2O2/c1-14-5-7-16(8-6-14)19-11-9-15(10-12-19)18(2)13-17(20-3)21-4/h14-17H,5-13H2,1-4H3. The molecule has 21 heavy (non-hydrogen) atoms. The van der Waals surface area contributed by atoms with Gasteiger partial charge in [-0.2, -0.15) is 0 Å². The molecule has 0 aromatic rings. The zero-order valence-corrected chi connectivity index (χ0v) is 14.4. The molecule has 1 saturated heterocycles. The Morgan fingerprint density at radius 3 is 2.10 bits per heavy atom. The molecule has 0 spiro atoms. The van der Waals surface area contributed by atoms with Crippen LogP contribution in [0.5, 0.6) is 0 Å². The molecule has 0 amide bonds. The highest BCUT2D eigenvalue weighted by Gasteiger charge is 2.29. The second kappa shape index (κ2) is 8.47. The van der Waals surface area contributed by atoms with Gasteiger partial charge in [0.25, 0.3) is 0 Å². The molecule has 0 aromatic heterocycles. The highest BCUT2D eigenvalue weighted by atomic mass is 16.7. The van der Waals surface area contributed by atoms with E-state index in [0.717, 1.165) is 18.5 Å². The van der Waals surface area contributed by atoms with Crippen LogP contribution in [0, 0.1) is 5.92 Å². The molecule has 4 heteroatoms. The van der Waals surface area contributed by atoms with Gasteiger partial charge >= 0.3 is 0 Å². The van der Waals surface area contributed by atoms with E-state index in [2.05, 4.69) is 23.8 Å². The van der Waals surface area contributed by atoms with Crippen molar-refractivity contribution in [3.05, 3.63) is 0 Å². The molecule has 2 fully saturated rings. The van der Waals surface area contributed by atoms with E-state index in [-0.39, 0.29) is 6.29 Å². The van der Waals surface area contributed by atoms with E-state index < -0.39 is 0 Å². The Morgan fingerprint density at radius 1 is 1.00 bits per heavy atom. The topological polar surface area (TPSA) is 24.9 Å². The third-order valence-electron chi connectivity index (χ3n) is 5.59. The van der Waals surface area contributed by atoms with Crippen molar-refractivity contribution in [2.75, 3.05) is 40.9 Å². The number of piperidine rings is 1. The minimum atomic E-state index is -0.104.